The van der Waals surface area contributed by atoms with Crippen molar-refractivity contribution in [3.63, 3.8) is 0 Å². The third kappa shape index (κ3) is 4.03. The van der Waals surface area contributed by atoms with Crippen molar-refractivity contribution in [2.24, 2.45) is 11.7 Å². The summed E-state index contributed by atoms with van der Waals surface area (Å²) < 4.78 is 0. The third-order valence-electron chi connectivity index (χ3n) is 4.09. The molecule has 0 aromatic heterocycles. The van der Waals surface area contributed by atoms with E-state index in [1.807, 2.05) is 12.1 Å². The molecule has 0 heterocycles. The van der Waals surface area contributed by atoms with Gasteiger partial charge < -0.3 is 5.73 Å². The zero-order valence-electron chi connectivity index (χ0n) is 11.3. The fraction of sp³-hybridized carbons (Fsp3) is 0.600. The van der Waals surface area contributed by atoms with Gasteiger partial charge in [-0.15, -0.1) is 0 Å². The topological polar surface area (TPSA) is 69.2 Å². The number of hydrogen-bond donors (Lipinski definition) is 1. The number of nitrogens with zero attached hydrogens (tertiary/aromatic N) is 1. The van der Waals surface area contributed by atoms with Gasteiger partial charge in [0.1, 0.15) is 0 Å². The molecule has 2 rings (SSSR count). The van der Waals surface area contributed by atoms with Crippen molar-refractivity contribution in [2.45, 2.75) is 51.0 Å². The highest BCUT2D eigenvalue weighted by molar-refractivity contribution is 5.40. The molecule has 1 aliphatic rings. The lowest BCUT2D eigenvalue weighted by Gasteiger charge is -2.14. The molecule has 1 unspecified atom stereocenters. The van der Waals surface area contributed by atoms with E-state index in [0.717, 1.165) is 17.9 Å². The van der Waals surface area contributed by atoms with E-state index in [4.69, 9.17) is 5.73 Å². The van der Waals surface area contributed by atoms with Gasteiger partial charge in [-0.25, -0.2) is 0 Å². The second-order valence-electron chi connectivity index (χ2n) is 5.58. The van der Waals surface area contributed by atoms with Crippen molar-refractivity contribution in [2.75, 3.05) is 0 Å². The Kier molecular flexibility index (Phi) is 4.91. The number of para-hydroxylation sites is 1. The van der Waals surface area contributed by atoms with Crippen LogP contribution in [0, 0.1) is 16.0 Å². The monoisotopic (exact) mass is 262 g/mol. The summed E-state index contributed by atoms with van der Waals surface area (Å²) in [6.45, 7) is 0. The van der Waals surface area contributed by atoms with Crippen LogP contribution in [0.5, 0.6) is 0 Å². The van der Waals surface area contributed by atoms with Crippen molar-refractivity contribution >= 4 is 5.69 Å². The highest BCUT2D eigenvalue weighted by Crippen LogP contribution is 2.29. The predicted molar refractivity (Wildman–Crippen MR) is 76.0 cm³/mol. The molecule has 4 heteroatoms. The van der Waals surface area contributed by atoms with E-state index in [0.29, 0.717) is 6.42 Å². The first-order valence-electron chi connectivity index (χ1n) is 7.14. The van der Waals surface area contributed by atoms with Gasteiger partial charge in [0.25, 0.3) is 5.69 Å². The Bertz CT molecular complexity index is 428. The van der Waals surface area contributed by atoms with Crippen LogP contribution in [0.1, 0.15) is 44.1 Å². The van der Waals surface area contributed by atoms with Crippen molar-refractivity contribution in [1.82, 2.24) is 0 Å². The molecule has 1 fully saturated rings. The fourth-order valence-corrected chi connectivity index (χ4v) is 2.99. The predicted octanol–water partition coefficient (Wildman–Crippen LogP) is 3.44. The van der Waals surface area contributed by atoms with Gasteiger partial charge in [0.05, 0.1) is 4.92 Å². The Balaban J connectivity index is 1.87. The number of nitrogens with two attached hydrogens (primary N) is 1. The van der Waals surface area contributed by atoms with Crippen LogP contribution < -0.4 is 5.73 Å². The highest BCUT2D eigenvalue weighted by Gasteiger charge is 2.18. The van der Waals surface area contributed by atoms with E-state index in [1.165, 1.54) is 32.1 Å². The van der Waals surface area contributed by atoms with Gasteiger partial charge in [-0.2, -0.15) is 0 Å². The van der Waals surface area contributed by atoms with E-state index in [9.17, 15) is 10.1 Å². The first-order valence-corrected chi connectivity index (χ1v) is 7.14. The molecule has 1 saturated carbocycles. The number of benzene rings is 1. The molecule has 19 heavy (non-hydrogen) atoms. The first-order chi connectivity index (χ1) is 9.16. The Morgan fingerprint density at radius 1 is 1.32 bits per heavy atom. The maximum absolute atomic E-state index is 10.9. The third-order valence-corrected chi connectivity index (χ3v) is 4.09. The molecule has 0 aliphatic heterocycles. The second-order valence-corrected chi connectivity index (χ2v) is 5.58. The lowest BCUT2D eigenvalue weighted by Crippen LogP contribution is -2.24. The average Bonchev–Trinajstić information content (AvgIpc) is 2.90. The molecule has 0 saturated heterocycles. The molecule has 0 spiro atoms. The lowest BCUT2D eigenvalue weighted by molar-refractivity contribution is -0.385. The van der Waals surface area contributed by atoms with E-state index in [1.54, 1.807) is 12.1 Å². The van der Waals surface area contributed by atoms with Crippen molar-refractivity contribution < 1.29 is 4.92 Å². The summed E-state index contributed by atoms with van der Waals surface area (Å²) in [6.07, 6.45) is 8.10. The summed E-state index contributed by atoms with van der Waals surface area (Å²) in [4.78, 5) is 10.6. The van der Waals surface area contributed by atoms with Gasteiger partial charge >= 0.3 is 0 Å². The van der Waals surface area contributed by atoms with Gasteiger partial charge in [-0.1, -0.05) is 43.9 Å². The van der Waals surface area contributed by atoms with Gasteiger partial charge in [0.15, 0.2) is 0 Å². The van der Waals surface area contributed by atoms with Crippen LogP contribution in [-0.4, -0.2) is 11.0 Å². The Morgan fingerprint density at radius 2 is 2.00 bits per heavy atom. The zero-order chi connectivity index (χ0) is 13.7. The lowest BCUT2D eigenvalue weighted by atomic mass is 9.95. The molecule has 1 aliphatic carbocycles. The molecule has 0 amide bonds. The van der Waals surface area contributed by atoms with E-state index in [-0.39, 0.29) is 16.7 Å². The summed E-state index contributed by atoms with van der Waals surface area (Å²) in [5.41, 5.74) is 7.08. The van der Waals surface area contributed by atoms with Crippen molar-refractivity contribution in [1.29, 1.82) is 0 Å². The number of nitro benzene ring substituents is 1. The van der Waals surface area contributed by atoms with Gasteiger partial charge in [0, 0.05) is 17.7 Å². The number of hydrogen-bond acceptors (Lipinski definition) is 3. The van der Waals surface area contributed by atoms with Gasteiger partial charge in [0.2, 0.25) is 0 Å². The highest BCUT2D eigenvalue weighted by atomic mass is 16.6. The SMILES string of the molecule is NC(CCC1CCCC1)Cc1ccccc1[N+](=O)[O-]. The number of nitro groups is 1. The average molecular weight is 262 g/mol. The Hall–Kier alpha value is -1.42. The van der Waals surface area contributed by atoms with Crippen LogP contribution in [0.4, 0.5) is 5.69 Å². The summed E-state index contributed by atoms with van der Waals surface area (Å²) in [7, 11) is 0. The Labute approximate surface area is 114 Å². The van der Waals surface area contributed by atoms with Gasteiger partial charge in [-0.3, -0.25) is 10.1 Å². The van der Waals surface area contributed by atoms with Crippen LogP contribution >= 0.6 is 0 Å². The molecule has 2 N–H and O–H groups in total. The molecular formula is C15H22N2O2. The van der Waals surface area contributed by atoms with Crippen LogP contribution in [0.15, 0.2) is 24.3 Å². The smallest absolute Gasteiger partial charge is 0.272 e. The van der Waals surface area contributed by atoms with Crippen molar-refractivity contribution in [3.8, 4) is 0 Å². The summed E-state index contributed by atoms with van der Waals surface area (Å²) >= 11 is 0. The molecule has 104 valence electrons. The van der Waals surface area contributed by atoms with Gasteiger partial charge in [-0.05, 0) is 25.2 Å². The summed E-state index contributed by atoms with van der Waals surface area (Å²) in [5, 5.41) is 10.9. The molecule has 0 bridgehead atoms. The van der Waals surface area contributed by atoms with Crippen LogP contribution in [0.3, 0.4) is 0 Å². The zero-order valence-corrected chi connectivity index (χ0v) is 11.3. The fourth-order valence-electron chi connectivity index (χ4n) is 2.99. The maximum atomic E-state index is 10.9. The van der Waals surface area contributed by atoms with E-state index in [2.05, 4.69) is 0 Å². The molecule has 4 nitrogen and oxygen atoms in total. The standard InChI is InChI=1S/C15H22N2O2/c16-14(10-9-12-5-1-2-6-12)11-13-7-3-4-8-15(13)17(18)19/h3-4,7-8,12,14H,1-2,5-6,9-11,16H2. The minimum Gasteiger partial charge on any atom is -0.327 e. The normalized spacial score (nSPS) is 17.5. The van der Waals surface area contributed by atoms with E-state index < -0.39 is 0 Å². The first kappa shape index (κ1) is 14.0. The van der Waals surface area contributed by atoms with Crippen LogP contribution in [-0.2, 0) is 6.42 Å². The minimum absolute atomic E-state index is 0.0294. The van der Waals surface area contributed by atoms with Crippen LogP contribution in [0.25, 0.3) is 0 Å². The van der Waals surface area contributed by atoms with Crippen molar-refractivity contribution in [3.05, 3.63) is 39.9 Å². The number of rotatable bonds is 6. The molecule has 0 radical (unpaired) electrons. The largest absolute Gasteiger partial charge is 0.327 e. The quantitative estimate of drug-likeness (QED) is 0.630. The molecule has 1 aromatic carbocycles. The van der Waals surface area contributed by atoms with E-state index >= 15 is 0 Å². The summed E-state index contributed by atoms with van der Waals surface area (Å²) in [6, 6.07) is 6.94. The molecule has 1 atom stereocenters. The molecular weight excluding hydrogens is 240 g/mol. The van der Waals surface area contributed by atoms with Crippen LogP contribution in [0.2, 0.25) is 0 Å². The maximum Gasteiger partial charge on any atom is 0.272 e. The second kappa shape index (κ2) is 6.66. The summed E-state index contributed by atoms with van der Waals surface area (Å²) in [5.74, 6) is 0.830. The molecule has 1 aromatic rings. The Morgan fingerprint density at radius 3 is 2.68 bits per heavy atom. The minimum atomic E-state index is -0.320.